The van der Waals surface area contributed by atoms with Crippen LogP contribution in [0.25, 0.3) is 42.7 Å². The number of hydrogen-bond donors (Lipinski definition) is 0. The molecular weight excluding hydrogens is 378 g/mol. The van der Waals surface area contributed by atoms with E-state index in [2.05, 4.69) is 96.4 Å². The van der Waals surface area contributed by atoms with Crippen molar-refractivity contribution in [2.45, 2.75) is 0 Å². The van der Waals surface area contributed by atoms with Crippen LogP contribution in [0.5, 0.6) is 0 Å². The minimum atomic E-state index is 1.04. The van der Waals surface area contributed by atoms with Crippen molar-refractivity contribution in [3.8, 4) is 42.7 Å². The van der Waals surface area contributed by atoms with Crippen LogP contribution in [0.1, 0.15) is 0 Å². The Hall–Kier alpha value is -3.01. The van der Waals surface area contributed by atoms with Gasteiger partial charge in [0.1, 0.15) is 5.01 Å². The van der Waals surface area contributed by atoms with Crippen molar-refractivity contribution >= 4 is 22.7 Å². The molecule has 5 rings (SSSR count). The molecule has 5 aromatic rings. The normalized spacial score (nSPS) is 10.9. The van der Waals surface area contributed by atoms with Gasteiger partial charge in [-0.25, -0.2) is 4.98 Å². The van der Waals surface area contributed by atoms with Gasteiger partial charge in [0, 0.05) is 26.3 Å². The van der Waals surface area contributed by atoms with Crippen molar-refractivity contribution in [2.75, 3.05) is 0 Å². The summed E-state index contributed by atoms with van der Waals surface area (Å²) in [6, 6.07) is 33.8. The van der Waals surface area contributed by atoms with E-state index in [0.29, 0.717) is 0 Å². The van der Waals surface area contributed by atoms with Crippen molar-refractivity contribution in [2.24, 2.45) is 0 Å². The Morgan fingerprint density at radius 3 is 1.82 bits per heavy atom. The van der Waals surface area contributed by atoms with E-state index < -0.39 is 0 Å². The highest BCUT2D eigenvalue weighted by atomic mass is 32.1. The van der Waals surface area contributed by atoms with Gasteiger partial charge in [0.05, 0.1) is 5.69 Å². The standard InChI is InChI=1S/C25H17NS2/c1-4-10-18(11-5-1)23-16-21(24(28-23)19-12-6-2-7-13-19)22-17-27-25(26-22)20-14-8-3-9-15-20/h1-17H. The third kappa shape index (κ3) is 3.31. The molecule has 0 unspecified atom stereocenters. The lowest BCUT2D eigenvalue weighted by atomic mass is 10.1. The topological polar surface area (TPSA) is 12.9 Å². The average Bonchev–Trinajstić information content (AvgIpc) is 3.43. The van der Waals surface area contributed by atoms with Crippen LogP contribution in [0.3, 0.4) is 0 Å². The largest absolute Gasteiger partial charge is 0.236 e. The monoisotopic (exact) mass is 395 g/mol. The van der Waals surface area contributed by atoms with Gasteiger partial charge < -0.3 is 0 Å². The van der Waals surface area contributed by atoms with Gasteiger partial charge in [0.25, 0.3) is 0 Å². The third-order valence-electron chi connectivity index (χ3n) is 4.63. The fourth-order valence-electron chi connectivity index (χ4n) is 3.24. The first-order valence-electron chi connectivity index (χ1n) is 9.14. The average molecular weight is 396 g/mol. The van der Waals surface area contributed by atoms with Gasteiger partial charge in [-0.3, -0.25) is 0 Å². The van der Waals surface area contributed by atoms with Crippen molar-refractivity contribution in [1.82, 2.24) is 4.98 Å². The van der Waals surface area contributed by atoms with Gasteiger partial charge in [-0.1, -0.05) is 91.0 Å². The second-order valence-electron chi connectivity index (χ2n) is 6.49. The van der Waals surface area contributed by atoms with E-state index in [9.17, 15) is 0 Å². The number of thiazole rings is 1. The summed E-state index contributed by atoms with van der Waals surface area (Å²) in [4.78, 5) is 7.50. The molecule has 0 aliphatic heterocycles. The highest BCUT2D eigenvalue weighted by Gasteiger charge is 2.16. The van der Waals surface area contributed by atoms with Crippen LogP contribution in [0.2, 0.25) is 0 Å². The predicted octanol–water partition coefficient (Wildman–Crippen LogP) is 7.87. The first-order chi connectivity index (χ1) is 13.9. The fourth-order valence-corrected chi connectivity index (χ4v) is 5.24. The summed E-state index contributed by atoms with van der Waals surface area (Å²) in [5.74, 6) is 0. The van der Waals surface area contributed by atoms with Gasteiger partial charge in [-0.15, -0.1) is 22.7 Å². The molecule has 0 N–H and O–H groups in total. The maximum atomic E-state index is 4.97. The number of nitrogens with zero attached hydrogens (tertiary/aromatic N) is 1. The molecule has 0 radical (unpaired) electrons. The number of benzene rings is 3. The third-order valence-corrected chi connectivity index (χ3v) is 6.75. The molecule has 3 aromatic carbocycles. The molecule has 28 heavy (non-hydrogen) atoms. The smallest absolute Gasteiger partial charge is 0.124 e. The molecule has 0 spiro atoms. The van der Waals surface area contributed by atoms with E-state index in [1.807, 2.05) is 17.4 Å². The van der Waals surface area contributed by atoms with Gasteiger partial charge >= 0.3 is 0 Å². The molecule has 0 amide bonds. The summed E-state index contributed by atoms with van der Waals surface area (Å²) >= 11 is 3.53. The first-order valence-corrected chi connectivity index (χ1v) is 10.8. The van der Waals surface area contributed by atoms with Crippen LogP contribution in [0.15, 0.2) is 102 Å². The maximum Gasteiger partial charge on any atom is 0.124 e. The lowest BCUT2D eigenvalue weighted by Crippen LogP contribution is -1.80. The summed E-state index contributed by atoms with van der Waals surface area (Å²) in [5.41, 5.74) is 5.89. The highest BCUT2D eigenvalue weighted by molar-refractivity contribution is 7.19. The Kier molecular flexibility index (Phi) is 4.61. The lowest BCUT2D eigenvalue weighted by molar-refractivity contribution is 1.41. The minimum absolute atomic E-state index is 1.04. The van der Waals surface area contributed by atoms with Crippen LogP contribution >= 0.6 is 22.7 Å². The van der Waals surface area contributed by atoms with E-state index in [1.54, 1.807) is 11.3 Å². The van der Waals surface area contributed by atoms with Gasteiger partial charge in [0.15, 0.2) is 0 Å². The summed E-state index contributed by atoms with van der Waals surface area (Å²) in [6.07, 6.45) is 0. The Bertz CT molecular complexity index is 1190. The molecule has 0 saturated heterocycles. The maximum absolute atomic E-state index is 4.97. The van der Waals surface area contributed by atoms with Crippen LogP contribution in [-0.4, -0.2) is 4.98 Å². The van der Waals surface area contributed by atoms with Crippen LogP contribution in [0.4, 0.5) is 0 Å². The lowest BCUT2D eigenvalue weighted by Gasteiger charge is -2.01. The Morgan fingerprint density at radius 2 is 1.18 bits per heavy atom. The zero-order valence-electron chi connectivity index (χ0n) is 15.1. The van der Waals surface area contributed by atoms with Gasteiger partial charge in [0.2, 0.25) is 0 Å². The van der Waals surface area contributed by atoms with E-state index in [-0.39, 0.29) is 0 Å². The summed E-state index contributed by atoms with van der Waals surface area (Å²) < 4.78 is 0. The van der Waals surface area contributed by atoms with Gasteiger partial charge in [-0.2, -0.15) is 0 Å². The Labute approximate surface area is 172 Å². The molecule has 0 atom stereocenters. The Morgan fingerprint density at radius 1 is 0.607 bits per heavy atom. The van der Waals surface area contributed by atoms with E-state index >= 15 is 0 Å². The first kappa shape index (κ1) is 17.1. The number of rotatable bonds is 4. The van der Waals surface area contributed by atoms with Crippen LogP contribution in [0, 0.1) is 0 Å². The van der Waals surface area contributed by atoms with E-state index in [1.165, 1.54) is 32.0 Å². The SMILES string of the molecule is c1ccc(-c2cc(-c3csc(-c4ccccc4)n3)c(-c3ccccc3)s2)cc1. The molecule has 0 aliphatic rings. The number of thiophene rings is 1. The molecule has 0 saturated carbocycles. The molecule has 1 nitrogen and oxygen atoms in total. The molecule has 0 bridgehead atoms. The van der Waals surface area contributed by atoms with E-state index in [4.69, 9.17) is 4.98 Å². The van der Waals surface area contributed by atoms with Crippen LogP contribution in [-0.2, 0) is 0 Å². The molecule has 2 heterocycles. The molecule has 0 fully saturated rings. The van der Waals surface area contributed by atoms with Crippen molar-refractivity contribution in [1.29, 1.82) is 0 Å². The van der Waals surface area contributed by atoms with Gasteiger partial charge in [-0.05, 0) is 17.2 Å². The molecule has 2 aromatic heterocycles. The quantitative estimate of drug-likeness (QED) is 0.302. The molecular formula is C25H17NS2. The van der Waals surface area contributed by atoms with Crippen molar-refractivity contribution in [3.05, 3.63) is 102 Å². The second-order valence-corrected chi connectivity index (χ2v) is 8.40. The summed E-state index contributed by atoms with van der Waals surface area (Å²) in [6.45, 7) is 0. The highest BCUT2D eigenvalue weighted by Crippen LogP contribution is 2.44. The Balaban J connectivity index is 1.64. The number of hydrogen-bond acceptors (Lipinski definition) is 3. The summed E-state index contributed by atoms with van der Waals surface area (Å²) in [7, 11) is 0. The zero-order chi connectivity index (χ0) is 18.8. The molecule has 3 heteroatoms. The van der Waals surface area contributed by atoms with Crippen LogP contribution < -0.4 is 0 Å². The number of aromatic nitrogens is 1. The summed E-state index contributed by atoms with van der Waals surface area (Å²) in [5, 5.41) is 3.23. The fraction of sp³-hybridized carbons (Fsp3) is 0. The molecule has 134 valence electrons. The van der Waals surface area contributed by atoms with Crippen molar-refractivity contribution < 1.29 is 0 Å². The molecule has 0 aliphatic carbocycles. The van der Waals surface area contributed by atoms with E-state index in [0.717, 1.165) is 10.7 Å². The predicted molar refractivity (Wildman–Crippen MR) is 122 cm³/mol. The minimum Gasteiger partial charge on any atom is -0.236 e. The van der Waals surface area contributed by atoms with Crippen molar-refractivity contribution in [3.63, 3.8) is 0 Å². The second kappa shape index (κ2) is 7.55. The zero-order valence-corrected chi connectivity index (χ0v) is 16.7.